The molecule has 2 aromatic heterocycles. The Morgan fingerprint density at radius 1 is 1.42 bits per heavy atom. The first-order valence-electron chi connectivity index (χ1n) is 6.71. The number of nitrogens with one attached hydrogen (secondary N) is 1. The Hall–Kier alpha value is -1.43. The zero-order chi connectivity index (χ0) is 13.2. The van der Waals surface area contributed by atoms with Crippen LogP contribution >= 0.6 is 11.3 Å². The van der Waals surface area contributed by atoms with Crippen molar-refractivity contribution in [1.82, 2.24) is 15.2 Å². The maximum absolute atomic E-state index is 5.55. The summed E-state index contributed by atoms with van der Waals surface area (Å²) in [5.41, 5.74) is 0. The van der Waals surface area contributed by atoms with Crippen molar-refractivity contribution in [2.45, 2.75) is 45.6 Å². The molecule has 0 bridgehead atoms. The van der Waals surface area contributed by atoms with Gasteiger partial charge in [-0.15, -0.1) is 16.4 Å². The summed E-state index contributed by atoms with van der Waals surface area (Å²) in [6.45, 7) is 4.99. The number of hydrogen-bond donors (Lipinski definition) is 1. The molecule has 0 saturated heterocycles. The highest BCUT2D eigenvalue weighted by Gasteiger charge is 2.24. The SMILES string of the molecule is CC(C)c1cnc(CNc2nnc(CC3CC3)o2)s1. The first-order chi connectivity index (χ1) is 9.20. The molecule has 0 aliphatic heterocycles. The largest absolute Gasteiger partial charge is 0.408 e. The second-order valence-electron chi connectivity index (χ2n) is 5.31. The molecule has 0 amide bonds. The van der Waals surface area contributed by atoms with Crippen LogP contribution in [0.5, 0.6) is 0 Å². The average molecular weight is 278 g/mol. The second-order valence-corrected chi connectivity index (χ2v) is 6.46. The smallest absolute Gasteiger partial charge is 0.315 e. The topological polar surface area (TPSA) is 63.8 Å². The summed E-state index contributed by atoms with van der Waals surface area (Å²) in [5, 5.41) is 12.2. The van der Waals surface area contributed by atoms with Crippen LogP contribution in [0.3, 0.4) is 0 Å². The summed E-state index contributed by atoms with van der Waals surface area (Å²) >= 11 is 1.72. The van der Waals surface area contributed by atoms with Crippen LogP contribution in [-0.2, 0) is 13.0 Å². The average Bonchev–Trinajstić information content (AvgIpc) is 2.91. The van der Waals surface area contributed by atoms with Crippen molar-refractivity contribution in [3.05, 3.63) is 22.0 Å². The van der Waals surface area contributed by atoms with E-state index in [1.54, 1.807) is 11.3 Å². The molecule has 0 unspecified atom stereocenters. The summed E-state index contributed by atoms with van der Waals surface area (Å²) in [7, 11) is 0. The van der Waals surface area contributed by atoms with E-state index in [1.165, 1.54) is 17.7 Å². The molecule has 0 atom stereocenters. The Morgan fingerprint density at radius 2 is 2.26 bits per heavy atom. The van der Waals surface area contributed by atoms with Crippen molar-refractivity contribution in [3.63, 3.8) is 0 Å². The Morgan fingerprint density at radius 3 is 2.95 bits per heavy atom. The second kappa shape index (κ2) is 5.28. The molecule has 0 aromatic carbocycles. The van der Waals surface area contributed by atoms with Crippen LogP contribution in [0, 0.1) is 5.92 Å². The monoisotopic (exact) mass is 278 g/mol. The standard InChI is InChI=1S/C13H18N4OS/c1-8(2)10-6-14-12(19-10)7-15-13-17-16-11(18-13)5-9-3-4-9/h6,8-9H,3-5,7H2,1-2H3,(H,15,17). The predicted molar refractivity (Wildman–Crippen MR) is 74.3 cm³/mol. The molecule has 1 fully saturated rings. The fourth-order valence-electron chi connectivity index (χ4n) is 1.80. The number of aromatic nitrogens is 3. The van der Waals surface area contributed by atoms with Crippen LogP contribution in [0.4, 0.5) is 6.01 Å². The molecule has 1 aliphatic rings. The molecule has 3 rings (SSSR count). The zero-order valence-corrected chi connectivity index (χ0v) is 12.0. The number of anilines is 1. The van der Waals surface area contributed by atoms with Gasteiger partial charge in [0.05, 0.1) is 6.54 Å². The van der Waals surface area contributed by atoms with E-state index in [-0.39, 0.29) is 0 Å². The Balaban J connectivity index is 1.54. The van der Waals surface area contributed by atoms with E-state index in [0.717, 1.165) is 23.2 Å². The Labute approximate surface area is 116 Å². The fraction of sp³-hybridized carbons (Fsp3) is 0.615. The first-order valence-corrected chi connectivity index (χ1v) is 7.53. The predicted octanol–water partition coefficient (Wildman–Crippen LogP) is 3.21. The van der Waals surface area contributed by atoms with E-state index in [9.17, 15) is 0 Å². The molecule has 19 heavy (non-hydrogen) atoms. The van der Waals surface area contributed by atoms with Crippen molar-refractivity contribution in [1.29, 1.82) is 0 Å². The van der Waals surface area contributed by atoms with Crippen LogP contribution < -0.4 is 5.32 Å². The Bertz CT molecular complexity index is 544. The molecule has 0 radical (unpaired) electrons. The third-order valence-electron chi connectivity index (χ3n) is 3.16. The van der Waals surface area contributed by atoms with Gasteiger partial charge in [-0.3, -0.25) is 0 Å². The van der Waals surface area contributed by atoms with Crippen LogP contribution in [0.15, 0.2) is 10.6 Å². The van der Waals surface area contributed by atoms with Crippen LogP contribution in [0.25, 0.3) is 0 Å². The van der Waals surface area contributed by atoms with Crippen molar-refractivity contribution < 1.29 is 4.42 Å². The van der Waals surface area contributed by atoms with E-state index < -0.39 is 0 Å². The van der Waals surface area contributed by atoms with Crippen LogP contribution in [-0.4, -0.2) is 15.2 Å². The van der Waals surface area contributed by atoms with Gasteiger partial charge < -0.3 is 9.73 Å². The third-order valence-corrected chi connectivity index (χ3v) is 4.46. The van der Waals surface area contributed by atoms with E-state index in [2.05, 4.69) is 34.3 Å². The minimum Gasteiger partial charge on any atom is -0.408 e. The van der Waals surface area contributed by atoms with Gasteiger partial charge in [-0.25, -0.2) is 4.98 Å². The number of hydrogen-bond acceptors (Lipinski definition) is 6. The van der Waals surface area contributed by atoms with E-state index in [4.69, 9.17) is 4.42 Å². The Kier molecular flexibility index (Phi) is 3.50. The van der Waals surface area contributed by atoms with Gasteiger partial charge in [0.1, 0.15) is 5.01 Å². The summed E-state index contributed by atoms with van der Waals surface area (Å²) in [6.07, 6.45) is 5.45. The summed E-state index contributed by atoms with van der Waals surface area (Å²) < 4.78 is 5.55. The maximum Gasteiger partial charge on any atom is 0.315 e. The third kappa shape index (κ3) is 3.32. The van der Waals surface area contributed by atoms with Gasteiger partial charge in [-0.1, -0.05) is 18.9 Å². The highest BCUT2D eigenvalue weighted by Crippen LogP contribution is 2.32. The van der Waals surface area contributed by atoms with Crippen molar-refractivity contribution in [3.8, 4) is 0 Å². The lowest BCUT2D eigenvalue weighted by Gasteiger charge is -1.98. The highest BCUT2D eigenvalue weighted by atomic mass is 32.1. The molecular weight excluding hydrogens is 260 g/mol. The van der Waals surface area contributed by atoms with Crippen molar-refractivity contribution in [2.75, 3.05) is 5.32 Å². The molecule has 0 spiro atoms. The lowest BCUT2D eigenvalue weighted by molar-refractivity contribution is 0.491. The minimum absolute atomic E-state index is 0.497. The van der Waals surface area contributed by atoms with Gasteiger partial charge in [-0.05, 0) is 24.7 Å². The molecule has 1 aliphatic carbocycles. The van der Waals surface area contributed by atoms with Crippen LogP contribution in [0.1, 0.15) is 48.4 Å². The van der Waals surface area contributed by atoms with Crippen LogP contribution in [0.2, 0.25) is 0 Å². The highest BCUT2D eigenvalue weighted by molar-refractivity contribution is 7.11. The number of thiazole rings is 1. The molecule has 6 heteroatoms. The molecule has 2 heterocycles. The maximum atomic E-state index is 5.55. The van der Waals surface area contributed by atoms with E-state index in [1.807, 2.05) is 6.20 Å². The lowest BCUT2D eigenvalue weighted by atomic mass is 10.2. The molecule has 1 N–H and O–H groups in total. The fourth-order valence-corrected chi connectivity index (χ4v) is 2.66. The van der Waals surface area contributed by atoms with E-state index >= 15 is 0 Å². The van der Waals surface area contributed by atoms with Gasteiger partial charge in [-0.2, -0.15) is 0 Å². The molecule has 102 valence electrons. The summed E-state index contributed by atoms with van der Waals surface area (Å²) in [6, 6.07) is 0.497. The normalized spacial score (nSPS) is 15.1. The molecule has 5 nitrogen and oxygen atoms in total. The zero-order valence-electron chi connectivity index (χ0n) is 11.2. The van der Waals surface area contributed by atoms with Gasteiger partial charge in [0, 0.05) is 17.5 Å². The van der Waals surface area contributed by atoms with E-state index in [0.29, 0.717) is 18.5 Å². The molecule has 1 saturated carbocycles. The summed E-state index contributed by atoms with van der Waals surface area (Å²) in [4.78, 5) is 5.69. The quantitative estimate of drug-likeness (QED) is 0.879. The van der Waals surface area contributed by atoms with Crippen molar-refractivity contribution in [2.24, 2.45) is 5.92 Å². The van der Waals surface area contributed by atoms with Gasteiger partial charge in [0.15, 0.2) is 0 Å². The van der Waals surface area contributed by atoms with Crippen molar-refractivity contribution >= 4 is 17.4 Å². The molecule has 2 aromatic rings. The summed E-state index contributed by atoms with van der Waals surface area (Å²) in [5.74, 6) is 2.03. The van der Waals surface area contributed by atoms with Gasteiger partial charge >= 0.3 is 6.01 Å². The minimum atomic E-state index is 0.497. The van der Waals surface area contributed by atoms with Gasteiger partial charge in [0.25, 0.3) is 0 Å². The number of rotatable bonds is 6. The molecular formula is C13H18N4OS. The number of nitrogens with zero attached hydrogens (tertiary/aromatic N) is 3. The lowest BCUT2D eigenvalue weighted by Crippen LogP contribution is -1.98. The van der Waals surface area contributed by atoms with Gasteiger partial charge in [0.2, 0.25) is 5.89 Å². The first kappa shape index (κ1) is 12.6.